The van der Waals surface area contributed by atoms with Crippen molar-refractivity contribution < 1.29 is 14.8 Å². The molecule has 0 heterocycles. The first-order chi connectivity index (χ1) is 8.93. The summed E-state index contributed by atoms with van der Waals surface area (Å²) in [5, 5.41) is 24.8. The number of nitrogens with one attached hydrogen (secondary N) is 2. The zero-order valence-corrected chi connectivity index (χ0v) is 10.8. The van der Waals surface area contributed by atoms with Gasteiger partial charge in [0, 0.05) is 17.8 Å². The highest BCUT2D eigenvalue weighted by Crippen LogP contribution is 2.16. The third-order valence-corrected chi connectivity index (χ3v) is 2.63. The highest BCUT2D eigenvalue weighted by atomic mass is 16.6. The number of anilines is 1. The minimum absolute atomic E-state index is 0.0841. The second-order valence-electron chi connectivity index (χ2n) is 4.44. The maximum absolute atomic E-state index is 11.7. The van der Waals surface area contributed by atoms with E-state index in [2.05, 4.69) is 10.6 Å². The fourth-order valence-electron chi connectivity index (χ4n) is 1.46. The topological polar surface area (TPSA) is 104 Å². The number of urea groups is 1. The summed E-state index contributed by atoms with van der Waals surface area (Å²) in [7, 11) is 0. The van der Waals surface area contributed by atoms with Crippen LogP contribution in [-0.4, -0.2) is 28.7 Å². The number of aliphatic hydroxyl groups excluding tert-OH is 1. The zero-order chi connectivity index (χ0) is 14.4. The maximum atomic E-state index is 11.7. The Labute approximate surface area is 110 Å². The van der Waals surface area contributed by atoms with Gasteiger partial charge in [0.2, 0.25) is 0 Å². The molecule has 0 bridgehead atoms. The number of benzene rings is 1. The van der Waals surface area contributed by atoms with Gasteiger partial charge in [0.15, 0.2) is 0 Å². The van der Waals surface area contributed by atoms with Crippen molar-refractivity contribution in [2.24, 2.45) is 5.92 Å². The molecule has 1 unspecified atom stereocenters. The molecule has 2 amide bonds. The van der Waals surface area contributed by atoms with E-state index in [4.69, 9.17) is 5.11 Å². The molecule has 7 nitrogen and oxygen atoms in total. The Hall–Kier alpha value is -2.15. The van der Waals surface area contributed by atoms with E-state index in [1.807, 2.05) is 13.8 Å². The number of amides is 2. The normalized spacial score (nSPS) is 12.0. The second-order valence-corrected chi connectivity index (χ2v) is 4.44. The summed E-state index contributed by atoms with van der Waals surface area (Å²) in [5.74, 6) is 0.0841. The Morgan fingerprint density at radius 2 is 2.16 bits per heavy atom. The lowest BCUT2D eigenvalue weighted by Crippen LogP contribution is -2.43. The molecule has 0 aliphatic heterocycles. The van der Waals surface area contributed by atoms with Crippen LogP contribution in [0.5, 0.6) is 0 Å². The third kappa shape index (κ3) is 4.55. The van der Waals surface area contributed by atoms with Crippen LogP contribution >= 0.6 is 0 Å². The van der Waals surface area contributed by atoms with Crippen LogP contribution < -0.4 is 10.6 Å². The smallest absolute Gasteiger partial charge is 0.319 e. The van der Waals surface area contributed by atoms with Gasteiger partial charge in [0.1, 0.15) is 0 Å². The molecule has 0 spiro atoms. The molecule has 0 radical (unpaired) electrons. The number of nitro groups is 1. The molecule has 0 saturated heterocycles. The van der Waals surface area contributed by atoms with Gasteiger partial charge in [-0.15, -0.1) is 0 Å². The molecule has 19 heavy (non-hydrogen) atoms. The Morgan fingerprint density at radius 3 is 2.68 bits per heavy atom. The lowest BCUT2D eigenvalue weighted by atomic mass is 10.1. The van der Waals surface area contributed by atoms with Gasteiger partial charge in [-0.25, -0.2) is 4.79 Å². The number of hydrogen-bond donors (Lipinski definition) is 3. The molecule has 104 valence electrons. The molecule has 0 aliphatic rings. The Morgan fingerprint density at radius 1 is 1.47 bits per heavy atom. The van der Waals surface area contributed by atoms with E-state index in [0.717, 1.165) is 0 Å². The van der Waals surface area contributed by atoms with Crippen molar-refractivity contribution in [1.82, 2.24) is 5.32 Å². The molecule has 1 rings (SSSR count). The van der Waals surface area contributed by atoms with E-state index in [9.17, 15) is 14.9 Å². The molecule has 0 aliphatic carbocycles. The van der Waals surface area contributed by atoms with Crippen LogP contribution in [0.4, 0.5) is 16.2 Å². The third-order valence-electron chi connectivity index (χ3n) is 2.63. The predicted molar refractivity (Wildman–Crippen MR) is 71.0 cm³/mol. The van der Waals surface area contributed by atoms with E-state index in [1.165, 1.54) is 18.2 Å². The monoisotopic (exact) mass is 267 g/mol. The van der Waals surface area contributed by atoms with Crippen LogP contribution in [0.2, 0.25) is 0 Å². The van der Waals surface area contributed by atoms with Crippen LogP contribution in [0, 0.1) is 16.0 Å². The van der Waals surface area contributed by atoms with Crippen LogP contribution in [0.15, 0.2) is 24.3 Å². The average molecular weight is 267 g/mol. The number of rotatable bonds is 5. The number of nitro benzene ring substituents is 1. The predicted octanol–water partition coefficient (Wildman–Crippen LogP) is 1.73. The van der Waals surface area contributed by atoms with Gasteiger partial charge in [-0.1, -0.05) is 19.9 Å². The van der Waals surface area contributed by atoms with Gasteiger partial charge in [-0.2, -0.15) is 0 Å². The SMILES string of the molecule is CC(C)C(CO)NC(=O)Nc1cccc([N+](=O)[O-])c1. The first kappa shape index (κ1) is 14.9. The van der Waals surface area contributed by atoms with E-state index < -0.39 is 11.0 Å². The quantitative estimate of drug-likeness (QED) is 0.558. The fourth-order valence-corrected chi connectivity index (χ4v) is 1.46. The second kappa shape index (κ2) is 6.69. The minimum atomic E-state index is -0.534. The van der Waals surface area contributed by atoms with Crippen LogP contribution in [0.25, 0.3) is 0 Å². The molecule has 0 fully saturated rings. The summed E-state index contributed by atoms with van der Waals surface area (Å²) in [6.07, 6.45) is 0. The zero-order valence-electron chi connectivity index (χ0n) is 10.8. The first-order valence-corrected chi connectivity index (χ1v) is 5.87. The molecule has 0 saturated carbocycles. The number of carbonyl (C=O) groups excluding carboxylic acids is 1. The molecule has 1 aromatic carbocycles. The Bertz CT molecular complexity index is 462. The highest BCUT2D eigenvalue weighted by molar-refractivity contribution is 5.89. The molecular weight excluding hydrogens is 250 g/mol. The van der Waals surface area contributed by atoms with E-state index >= 15 is 0 Å². The lowest BCUT2D eigenvalue weighted by molar-refractivity contribution is -0.384. The largest absolute Gasteiger partial charge is 0.394 e. The van der Waals surface area contributed by atoms with Gasteiger partial charge in [0.05, 0.1) is 17.6 Å². The molecule has 3 N–H and O–H groups in total. The molecule has 7 heteroatoms. The van der Waals surface area contributed by atoms with Crippen molar-refractivity contribution in [2.75, 3.05) is 11.9 Å². The average Bonchev–Trinajstić information content (AvgIpc) is 2.35. The fraction of sp³-hybridized carbons (Fsp3) is 0.417. The summed E-state index contributed by atoms with van der Waals surface area (Å²) in [5.41, 5.74) is 0.229. The molecule has 1 aromatic rings. The highest BCUT2D eigenvalue weighted by Gasteiger charge is 2.15. The first-order valence-electron chi connectivity index (χ1n) is 5.87. The standard InChI is InChI=1S/C12H17N3O4/c1-8(2)11(7-16)14-12(17)13-9-4-3-5-10(6-9)15(18)19/h3-6,8,11,16H,7H2,1-2H3,(H2,13,14,17). The summed E-state index contributed by atoms with van der Waals surface area (Å²) in [6.45, 7) is 3.57. The van der Waals surface area contributed by atoms with E-state index in [1.54, 1.807) is 6.07 Å². The van der Waals surface area contributed by atoms with E-state index in [-0.39, 0.29) is 24.3 Å². The number of hydrogen-bond acceptors (Lipinski definition) is 4. The number of aliphatic hydroxyl groups is 1. The van der Waals surface area contributed by atoms with Crippen LogP contribution in [-0.2, 0) is 0 Å². The van der Waals surface area contributed by atoms with Gasteiger partial charge in [-0.05, 0) is 12.0 Å². The summed E-state index contributed by atoms with van der Waals surface area (Å²) in [4.78, 5) is 21.7. The Balaban J connectivity index is 2.66. The van der Waals surface area contributed by atoms with Gasteiger partial charge in [-0.3, -0.25) is 10.1 Å². The molecule has 1 atom stereocenters. The van der Waals surface area contributed by atoms with Crippen molar-refractivity contribution in [3.8, 4) is 0 Å². The number of nitrogens with zero attached hydrogens (tertiary/aromatic N) is 1. The number of non-ortho nitro benzene ring substituents is 1. The van der Waals surface area contributed by atoms with Gasteiger partial charge in [0.25, 0.3) is 5.69 Å². The van der Waals surface area contributed by atoms with Crippen LogP contribution in [0.3, 0.4) is 0 Å². The summed E-state index contributed by atoms with van der Waals surface area (Å²) in [6, 6.07) is 4.78. The van der Waals surface area contributed by atoms with E-state index in [0.29, 0.717) is 5.69 Å². The van der Waals surface area contributed by atoms with Gasteiger partial charge >= 0.3 is 6.03 Å². The molecular formula is C12H17N3O4. The lowest BCUT2D eigenvalue weighted by Gasteiger charge is -2.20. The van der Waals surface area contributed by atoms with Crippen molar-refractivity contribution in [3.05, 3.63) is 34.4 Å². The van der Waals surface area contributed by atoms with Crippen molar-refractivity contribution >= 4 is 17.4 Å². The molecule has 0 aromatic heterocycles. The minimum Gasteiger partial charge on any atom is -0.394 e. The summed E-state index contributed by atoms with van der Waals surface area (Å²) < 4.78 is 0. The van der Waals surface area contributed by atoms with Crippen LogP contribution in [0.1, 0.15) is 13.8 Å². The van der Waals surface area contributed by atoms with Crippen molar-refractivity contribution in [3.63, 3.8) is 0 Å². The van der Waals surface area contributed by atoms with Gasteiger partial charge < -0.3 is 15.7 Å². The maximum Gasteiger partial charge on any atom is 0.319 e. The van der Waals surface area contributed by atoms with Crippen molar-refractivity contribution in [1.29, 1.82) is 0 Å². The van der Waals surface area contributed by atoms with Crippen molar-refractivity contribution in [2.45, 2.75) is 19.9 Å². The Kier molecular flexibility index (Phi) is 5.25. The number of carbonyl (C=O) groups is 1. The summed E-state index contributed by atoms with van der Waals surface area (Å²) >= 11 is 0.